The molecule has 0 fully saturated rings. The SMILES string of the molecule is Cc1cccc(N(c2cccc(C)c2)c2cc(N(c3cccc(C)c3)c3cccc(C)c3)c(C)cc2C)c1. The number of rotatable bonds is 6. The first-order valence-corrected chi connectivity index (χ1v) is 13.3. The molecule has 2 nitrogen and oxygen atoms in total. The Bertz CT molecular complexity index is 1390. The highest BCUT2D eigenvalue weighted by Gasteiger charge is 2.21. The molecule has 0 aliphatic rings. The number of benzene rings is 5. The van der Waals surface area contributed by atoms with Crippen molar-refractivity contribution in [2.45, 2.75) is 41.5 Å². The first kappa shape index (κ1) is 25.4. The first-order chi connectivity index (χ1) is 18.3. The Labute approximate surface area is 227 Å². The average molecular weight is 497 g/mol. The van der Waals surface area contributed by atoms with Gasteiger partial charge in [-0.2, -0.15) is 0 Å². The lowest BCUT2D eigenvalue weighted by molar-refractivity contribution is 1.19. The van der Waals surface area contributed by atoms with E-state index in [0.717, 1.165) is 22.7 Å². The Balaban J connectivity index is 1.77. The van der Waals surface area contributed by atoms with Crippen LogP contribution in [-0.4, -0.2) is 0 Å². The molecule has 0 unspecified atom stereocenters. The van der Waals surface area contributed by atoms with Gasteiger partial charge < -0.3 is 9.80 Å². The van der Waals surface area contributed by atoms with Gasteiger partial charge in [-0.15, -0.1) is 0 Å². The van der Waals surface area contributed by atoms with Crippen molar-refractivity contribution in [3.63, 3.8) is 0 Å². The highest BCUT2D eigenvalue weighted by Crippen LogP contribution is 2.44. The molecule has 5 aromatic rings. The molecule has 0 aliphatic carbocycles. The van der Waals surface area contributed by atoms with Crippen molar-refractivity contribution in [3.05, 3.63) is 143 Å². The van der Waals surface area contributed by atoms with Crippen molar-refractivity contribution in [2.24, 2.45) is 0 Å². The maximum absolute atomic E-state index is 2.39. The number of hydrogen-bond acceptors (Lipinski definition) is 2. The molecule has 5 aromatic carbocycles. The third-order valence-electron chi connectivity index (χ3n) is 7.04. The van der Waals surface area contributed by atoms with Gasteiger partial charge >= 0.3 is 0 Å². The van der Waals surface area contributed by atoms with Gasteiger partial charge in [0.25, 0.3) is 0 Å². The lowest BCUT2D eigenvalue weighted by atomic mass is 10.0. The Hall–Kier alpha value is -4.30. The molecule has 0 heterocycles. The van der Waals surface area contributed by atoms with Gasteiger partial charge in [0.2, 0.25) is 0 Å². The summed E-state index contributed by atoms with van der Waals surface area (Å²) in [4.78, 5) is 4.78. The van der Waals surface area contributed by atoms with E-state index in [1.807, 2.05) is 0 Å². The van der Waals surface area contributed by atoms with Gasteiger partial charge in [0, 0.05) is 22.7 Å². The standard InChI is InChI=1S/C36H36N2/c1-25-11-7-15-31(19-25)37(32-16-8-12-26(2)20-32)35-24-36(30(6)23-29(35)5)38(33-17-9-13-27(3)21-33)34-18-10-14-28(4)22-34/h7-24H,1-6H3. The van der Waals surface area contributed by atoms with Crippen molar-refractivity contribution in [2.75, 3.05) is 9.80 Å². The lowest BCUT2D eigenvalue weighted by Crippen LogP contribution is -2.15. The monoisotopic (exact) mass is 496 g/mol. The van der Waals surface area contributed by atoms with Gasteiger partial charge in [0.1, 0.15) is 0 Å². The van der Waals surface area contributed by atoms with Crippen LogP contribution in [0, 0.1) is 41.5 Å². The third kappa shape index (κ3) is 5.21. The van der Waals surface area contributed by atoms with E-state index >= 15 is 0 Å². The van der Waals surface area contributed by atoms with Crippen LogP contribution < -0.4 is 9.80 Å². The first-order valence-electron chi connectivity index (χ1n) is 13.3. The quantitative estimate of drug-likeness (QED) is 0.231. The minimum atomic E-state index is 1.16. The van der Waals surface area contributed by atoms with Crippen LogP contribution in [-0.2, 0) is 0 Å². The van der Waals surface area contributed by atoms with E-state index in [1.54, 1.807) is 0 Å². The van der Waals surface area contributed by atoms with Gasteiger partial charge in [-0.3, -0.25) is 0 Å². The van der Waals surface area contributed by atoms with Gasteiger partial charge in [-0.05, 0) is 130 Å². The molecule has 5 rings (SSSR count). The van der Waals surface area contributed by atoms with Gasteiger partial charge in [-0.25, -0.2) is 0 Å². The Kier molecular flexibility index (Phi) is 7.07. The highest BCUT2D eigenvalue weighted by atomic mass is 15.2. The lowest BCUT2D eigenvalue weighted by Gasteiger charge is -2.32. The summed E-state index contributed by atoms with van der Waals surface area (Å²) in [5.74, 6) is 0. The molecule has 0 saturated heterocycles. The maximum atomic E-state index is 2.39. The molecule has 0 spiro atoms. The van der Waals surface area contributed by atoms with Crippen LogP contribution in [0.5, 0.6) is 0 Å². The van der Waals surface area contributed by atoms with Crippen molar-refractivity contribution in [1.29, 1.82) is 0 Å². The second-order valence-corrected chi connectivity index (χ2v) is 10.5. The van der Waals surface area contributed by atoms with Crippen molar-refractivity contribution in [3.8, 4) is 0 Å². The normalized spacial score (nSPS) is 10.9. The minimum absolute atomic E-state index is 1.16. The molecule has 0 amide bonds. The second kappa shape index (κ2) is 10.6. The van der Waals surface area contributed by atoms with E-state index in [4.69, 9.17) is 0 Å². The van der Waals surface area contributed by atoms with E-state index in [2.05, 4.69) is 161 Å². The van der Waals surface area contributed by atoms with E-state index in [1.165, 1.54) is 44.8 Å². The Morgan fingerprint density at radius 1 is 0.342 bits per heavy atom. The zero-order valence-corrected chi connectivity index (χ0v) is 23.3. The van der Waals surface area contributed by atoms with Crippen LogP contribution in [0.15, 0.2) is 109 Å². The van der Waals surface area contributed by atoms with Crippen LogP contribution >= 0.6 is 0 Å². The van der Waals surface area contributed by atoms with Crippen molar-refractivity contribution < 1.29 is 0 Å². The molecule has 38 heavy (non-hydrogen) atoms. The molecule has 0 N–H and O–H groups in total. The highest BCUT2D eigenvalue weighted by molar-refractivity contribution is 5.86. The predicted octanol–water partition coefficient (Wildman–Crippen LogP) is 10.5. The summed E-state index contributed by atoms with van der Waals surface area (Å²) >= 11 is 0. The van der Waals surface area contributed by atoms with Crippen LogP contribution in [0.25, 0.3) is 0 Å². The minimum Gasteiger partial charge on any atom is -0.310 e. The number of anilines is 6. The third-order valence-corrected chi connectivity index (χ3v) is 7.04. The summed E-state index contributed by atoms with van der Waals surface area (Å²) in [5.41, 5.74) is 14.4. The molecule has 2 heteroatoms. The van der Waals surface area contributed by atoms with Crippen LogP contribution in [0.4, 0.5) is 34.1 Å². The molecule has 190 valence electrons. The number of aryl methyl sites for hydroxylation is 6. The molecule has 0 aromatic heterocycles. The summed E-state index contributed by atoms with van der Waals surface area (Å²) in [6, 6.07) is 39.7. The van der Waals surface area contributed by atoms with Crippen molar-refractivity contribution >= 4 is 34.1 Å². The van der Waals surface area contributed by atoms with Crippen LogP contribution in [0.1, 0.15) is 33.4 Å². The molecular weight excluding hydrogens is 460 g/mol. The van der Waals surface area contributed by atoms with E-state index in [0.29, 0.717) is 0 Å². The maximum Gasteiger partial charge on any atom is 0.0511 e. The van der Waals surface area contributed by atoms with E-state index in [-0.39, 0.29) is 0 Å². The summed E-state index contributed by atoms with van der Waals surface area (Å²) in [7, 11) is 0. The molecule has 0 aliphatic heterocycles. The van der Waals surface area contributed by atoms with Gasteiger partial charge in [0.05, 0.1) is 11.4 Å². The van der Waals surface area contributed by atoms with Gasteiger partial charge in [-0.1, -0.05) is 54.6 Å². The number of nitrogens with zero attached hydrogens (tertiary/aromatic N) is 2. The fraction of sp³-hybridized carbons (Fsp3) is 0.167. The fourth-order valence-corrected chi connectivity index (χ4v) is 5.23. The Morgan fingerprint density at radius 3 is 0.895 bits per heavy atom. The molecular formula is C36H36N2. The summed E-state index contributed by atoms with van der Waals surface area (Å²) < 4.78 is 0. The summed E-state index contributed by atoms with van der Waals surface area (Å²) in [5, 5.41) is 0. The largest absolute Gasteiger partial charge is 0.310 e. The molecule has 0 bridgehead atoms. The fourth-order valence-electron chi connectivity index (χ4n) is 5.23. The van der Waals surface area contributed by atoms with E-state index < -0.39 is 0 Å². The van der Waals surface area contributed by atoms with Gasteiger partial charge in [0.15, 0.2) is 0 Å². The van der Waals surface area contributed by atoms with E-state index in [9.17, 15) is 0 Å². The zero-order valence-electron chi connectivity index (χ0n) is 23.3. The number of hydrogen-bond donors (Lipinski definition) is 0. The summed E-state index contributed by atoms with van der Waals surface area (Å²) in [6.45, 7) is 13.1. The predicted molar refractivity (Wildman–Crippen MR) is 164 cm³/mol. The van der Waals surface area contributed by atoms with Crippen molar-refractivity contribution in [1.82, 2.24) is 0 Å². The molecule has 0 atom stereocenters. The molecule has 0 radical (unpaired) electrons. The van der Waals surface area contributed by atoms with Crippen LogP contribution in [0.2, 0.25) is 0 Å². The topological polar surface area (TPSA) is 6.48 Å². The van der Waals surface area contributed by atoms with Crippen LogP contribution in [0.3, 0.4) is 0 Å². The zero-order chi connectivity index (χ0) is 26.8. The second-order valence-electron chi connectivity index (χ2n) is 10.5. The Morgan fingerprint density at radius 2 is 0.632 bits per heavy atom. The average Bonchev–Trinajstić information content (AvgIpc) is 2.87. The summed E-state index contributed by atoms with van der Waals surface area (Å²) in [6.07, 6.45) is 0. The molecule has 0 saturated carbocycles. The smallest absolute Gasteiger partial charge is 0.0511 e.